The van der Waals surface area contributed by atoms with E-state index in [-0.39, 0.29) is 17.4 Å². The summed E-state index contributed by atoms with van der Waals surface area (Å²) in [6.07, 6.45) is 0. The second kappa shape index (κ2) is 8.16. The number of ketones is 1. The molecule has 24 heavy (non-hydrogen) atoms. The molecule has 0 aliphatic carbocycles. The molecule has 0 unspecified atom stereocenters. The zero-order valence-electron chi connectivity index (χ0n) is 16.4. The van der Waals surface area contributed by atoms with Crippen molar-refractivity contribution in [1.29, 1.82) is 0 Å². The Bertz CT molecular complexity index is 546. The Morgan fingerprint density at radius 3 is 1.88 bits per heavy atom. The number of benzene rings is 1. The lowest BCUT2D eigenvalue weighted by Gasteiger charge is -2.35. The molecule has 0 aliphatic rings. The van der Waals surface area contributed by atoms with Gasteiger partial charge in [0, 0.05) is 11.1 Å². The van der Waals surface area contributed by atoms with E-state index in [9.17, 15) is 4.79 Å². The molecule has 0 spiro atoms. The molecule has 136 valence electrons. The second-order valence-electron chi connectivity index (χ2n) is 7.44. The number of hydrogen-bond donors (Lipinski definition) is 0. The lowest BCUT2D eigenvalue weighted by Crippen LogP contribution is -2.42. The van der Waals surface area contributed by atoms with Gasteiger partial charge in [-0.05, 0) is 51.0 Å². The van der Waals surface area contributed by atoms with E-state index in [1.54, 1.807) is 12.1 Å². The average Bonchev–Trinajstić information content (AvgIpc) is 2.48. The number of ether oxygens (including phenoxy) is 2. The Hall–Kier alpha value is -1.33. The van der Waals surface area contributed by atoms with Crippen molar-refractivity contribution in [2.45, 2.75) is 59.7 Å². The molecule has 0 fully saturated rings. The molecule has 0 atom stereocenters. The molecule has 0 bridgehead atoms. The Kier molecular flexibility index (Phi) is 7.05. The van der Waals surface area contributed by atoms with Crippen molar-refractivity contribution in [2.24, 2.45) is 0 Å². The molecule has 0 saturated carbocycles. The molecular formula is C19H32O4Si. The predicted octanol–water partition coefficient (Wildman–Crippen LogP) is 5.00. The monoisotopic (exact) mass is 352 g/mol. The van der Waals surface area contributed by atoms with Gasteiger partial charge in [0.15, 0.2) is 14.1 Å². The molecule has 0 aliphatic heterocycles. The molecular weight excluding hydrogens is 320 g/mol. The lowest BCUT2D eigenvalue weighted by molar-refractivity contribution is 0.0910. The van der Waals surface area contributed by atoms with Crippen LogP contribution in [0.4, 0.5) is 0 Å². The highest BCUT2D eigenvalue weighted by atomic mass is 28.4. The van der Waals surface area contributed by atoms with Gasteiger partial charge in [0.2, 0.25) is 0 Å². The van der Waals surface area contributed by atoms with Crippen LogP contribution in [-0.2, 0) is 4.43 Å². The molecule has 0 N–H and O–H groups in total. The predicted molar refractivity (Wildman–Crippen MR) is 101 cm³/mol. The largest absolute Gasteiger partial charge is 0.493 e. The molecule has 1 aromatic rings. The van der Waals surface area contributed by atoms with Crippen LogP contribution >= 0.6 is 0 Å². The van der Waals surface area contributed by atoms with Crippen LogP contribution in [0.5, 0.6) is 11.5 Å². The molecule has 0 aromatic heterocycles. The minimum absolute atomic E-state index is 0.0401. The van der Waals surface area contributed by atoms with Gasteiger partial charge < -0.3 is 13.9 Å². The molecule has 0 saturated heterocycles. The maximum Gasteiger partial charge on any atom is 0.192 e. The number of hydrogen-bond acceptors (Lipinski definition) is 4. The maximum absolute atomic E-state index is 12.6. The number of carbonyl (C=O) groups is 1. The summed E-state index contributed by atoms with van der Waals surface area (Å²) in [5.41, 5.74) is 1.49. The average molecular weight is 353 g/mol. The summed E-state index contributed by atoms with van der Waals surface area (Å²) in [4.78, 5) is 12.6. The van der Waals surface area contributed by atoms with Gasteiger partial charge in [-0.15, -0.1) is 0 Å². The van der Waals surface area contributed by atoms with Crippen LogP contribution in [0.3, 0.4) is 0 Å². The molecule has 0 heterocycles. The van der Waals surface area contributed by atoms with Crippen LogP contribution in [0.15, 0.2) is 12.1 Å². The van der Waals surface area contributed by atoms with Crippen LogP contribution in [0.1, 0.15) is 50.5 Å². The standard InChI is InChI=1S/C19H32O4Si/c1-9-21-17-11-15(12-18(14(17)3)22-10-2)16(20)13-23-24(7,8)19(4,5)6/h11-12H,9-10,13H2,1-8H3. The summed E-state index contributed by atoms with van der Waals surface area (Å²) in [5, 5.41) is 0.0769. The van der Waals surface area contributed by atoms with Gasteiger partial charge in [0.25, 0.3) is 0 Å². The molecule has 4 nitrogen and oxygen atoms in total. The van der Waals surface area contributed by atoms with Gasteiger partial charge >= 0.3 is 0 Å². The SMILES string of the molecule is CCOc1cc(C(=O)CO[Si](C)(C)C(C)(C)C)cc(OCC)c1C. The third-order valence-electron chi connectivity index (χ3n) is 4.60. The minimum atomic E-state index is -1.95. The fourth-order valence-electron chi connectivity index (χ4n) is 1.98. The van der Waals surface area contributed by atoms with Crippen molar-refractivity contribution in [3.63, 3.8) is 0 Å². The highest BCUT2D eigenvalue weighted by Gasteiger charge is 2.37. The normalized spacial score (nSPS) is 12.2. The highest BCUT2D eigenvalue weighted by Crippen LogP contribution is 2.37. The van der Waals surface area contributed by atoms with Crippen LogP contribution < -0.4 is 9.47 Å². The first kappa shape index (κ1) is 20.7. The number of rotatable bonds is 8. The first-order valence-electron chi connectivity index (χ1n) is 8.60. The molecule has 1 rings (SSSR count). The van der Waals surface area contributed by atoms with Crippen molar-refractivity contribution in [1.82, 2.24) is 0 Å². The third-order valence-corrected chi connectivity index (χ3v) is 9.08. The number of Topliss-reactive ketones (excluding diaryl/α,β-unsaturated/α-hetero) is 1. The Labute approximate surface area is 147 Å². The van der Waals surface area contributed by atoms with Gasteiger partial charge in [0.1, 0.15) is 11.5 Å². The van der Waals surface area contributed by atoms with Gasteiger partial charge in [-0.2, -0.15) is 0 Å². The summed E-state index contributed by atoms with van der Waals surface area (Å²) in [5.74, 6) is 1.35. The summed E-state index contributed by atoms with van der Waals surface area (Å²) in [6, 6.07) is 3.58. The van der Waals surface area contributed by atoms with Crippen molar-refractivity contribution in [3.05, 3.63) is 23.3 Å². The maximum atomic E-state index is 12.6. The summed E-state index contributed by atoms with van der Waals surface area (Å²) < 4.78 is 17.3. The molecule has 5 heteroatoms. The smallest absolute Gasteiger partial charge is 0.192 e. The summed E-state index contributed by atoms with van der Waals surface area (Å²) in [6.45, 7) is 17.8. The number of carbonyl (C=O) groups excluding carboxylic acids is 1. The van der Waals surface area contributed by atoms with Gasteiger partial charge in [-0.25, -0.2) is 0 Å². The Balaban J connectivity index is 3.01. The third kappa shape index (κ3) is 5.08. The van der Waals surface area contributed by atoms with Crippen molar-refractivity contribution < 1.29 is 18.7 Å². The lowest BCUT2D eigenvalue weighted by atomic mass is 10.1. The van der Waals surface area contributed by atoms with Gasteiger partial charge in [0.05, 0.1) is 19.8 Å². The summed E-state index contributed by atoms with van der Waals surface area (Å²) >= 11 is 0. The Morgan fingerprint density at radius 2 is 1.50 bits per heavy atom. The van der Waals surface area contributed by atoms with Crippen LogP contribution in [0.25, 0.3) is 0 Å². The van der Waals surface area contributed by atoms with E-state index in [0.29, 0.717) is 30.3 Å². The molecule has 0 radical (unpaired) electrons. The zero-order valence-corrected chi connectivity index (χ0v) is 17.4. The van der Waals surface area contributed by atoms with E-state index in [1.165, 1.54) is 0 Å². The quantitative estimate of drug-likeness (QED) is 0.488. The summed E-state index contributed by atoms with van der Waals surface area (Å²) in [7, 11) is -1.95. The van der Waals surface area contributed by atoms with Crippen LogP contribution in [-0.4, -0.2) is 33.9 Å². The first-order chi connectivity index (χ1) is 11.0. The van der Waals surface area contributed by atoms with E-state index in [4.69, 9.17) is 13.9 Å². The minimum Gasteiger partial charge on any atom is -0.493 e. The van der Waals surface area contributed by atoms with E-state index < -0.39 is 8.32 Å². The van der Waals surface area contributed by atoms with E-state index in [2.05, 4.69) is 33.9 Å². The van der Waals surface area contributed by atoms with E-state index >= 15 is 0 Å². The van der Waals surface area contributed by atoms with Crippen LogP contribution in [0.2, 0.25) is 18.1 Å². The topological polar surface area (TPSA) is 44.8 Å². The van der Waals surface area contributed by atoms with E-state index in [1.807, 2.05) is 20.8 Å². The molecule has 1 aromatic carbocycles. The second-order valence-corrected chi connectivity index (χ2v) is 12.2. The van der Waals surface area contributed by atoms with E-state index in [0.717, 1.165) is 5.56 Å². The fraction of sp³-hybridized carbons (Fsp3) is 0.632. The van der Waals surface area contributed by atoms with Crippen molar-refractivity contribution >= 4 is 14.1 Å². The first-order valence-corrected chi connectivity index (χ1v) is 11.5. The van der Waals surface area contributed by atoms with Crippen LogP contribution in [0, 0.1) is 6.92 Å². The molecule has 0 amide bonds. The van der Waals surface area contributed by atoms with Crippen molar-refractivity contribution in [2.75, 3.05) is 19.8 Å². The van der Waals surface area contributed by atoms with Gasteiger partial charge in [-0.3, -0.25) is 4.79 Å². The van der Waals surface area contributed by atoms with Crippen molar-refractivity contribution in [3.8, 4) is 11.5 Å². The van der Waals surface area contributed by atoms with Gasteiger partial charge in [-0.1, -0.05) is 20.8 Å². The Morgan fingerprint density at radius 1 is 1.04 bits per heavy atom. The highest BCUT2D eigenvalue weighted by molar-refractivity contribution is 6.74. The zero-order chi connectivity index (χ0) is 18.5. The fourth-order valence-corrected chi connectivity index (χ4v) is 2.90.